The van der Waals surface area contributed by atoms with Crippen LogP contribution in [0.15, 0.2) is 78.9 Å². The fourth-order valence-electron chi connectivity index (χ4n) is 4.54. The molecule has 1 aliphatic rings. The van der Waals surface area contributed by atoms with Gasteiger partial charge in [-0.05, 0) is 30.7 Å². The maximum Gasteiger partial charge on any atom is 0.162 e. The summed E-state index contributed by atoms with van der Waals surface area (Å²) < 4.78 is 11.1. The van der Waals surface area contributed by atoms with Crippen LogP contribution in [0.5, 0.6) is 11.5 Å². The minimum atomic E-state index is -0.535. The summed E-state index contributed by atoms with van der Waals surface area (Å²) in [6.07, 6.45) is 0.121. The van der Waals surface area contributed by atoms with E-state index in [-0.39, 0.29) is 6.61 Å². The van der Waals surface area contributed by atoms with Gasteiger partial charge in [0.1, 0.15) is 12.4 Å². The SMILES string of the molecule is COc1ccccc1OCC(O)CCN1CCN(c2nc(-c3ccccc3)nc3ccccc23)CC1. The lowest BCUT2D eigenvalue weighted by Gasteiger charge is -2.36. The lowest BCUT2D eigenvalue weighted by Crippen LogP contribution is -2.47. The zero-order valence-electron chi connectivity index (χ0n) is 20.6. The molecule has 1 atom stereocenters. The molecule has 7 heteroatoms. The Labute approximate surface area is 211 Å². The molecule has 36 heavy (non-hydrogen) atoms. The first-order valence-corrected chi connectivity index (χ1v) is 12.4. The van der Waals surface area contributed by atoms with Crippen LogP contribution in [0, 0.1) is 0 Å². The molecule has 0 saturated carbocycles. The Bertz CT molecular complexity index is 1280. The Morgan fingerprint density at radius 3 is 2.31 bits per heavy atom. The van der Waals surface area contributed by atoms with Crippen molar-refractivity contribution in [2.24, 2.45) is 0 Å². The molecule has 0 amide bonds. The van der Waals surface area contributed by atoms with Gasteiger partial charge in [0.05, 0.1) is 18.7 Å². The molecule has 4 aromatic rings. The molecule has 1 N–H and O–H groups in total. The van der Waals surface area contributed by atoms with Gasteiger partial charge in [-0.2, -0.15) is 0 Å². The monoisotopic (exact) mass is 484 g/mol. The second kappa shape index (κ2) is 11.4. The van der Waals surface area contributed by atoms with Crippen molar-refractivity contribution < 1.29 is 14.6 Å². The second-order valence-corrected chi connectivity index (χ2v) is 8.99. The number of hydrogen-bond donors (Lipinski definition) is 1. The fourth-order valence-corrected chi connectivity index (χ4v) is 4.54. The molecule has 0 spiro atoms. The number of aliphatic hydroxyl groups is 1. The smallest absolute Gasteiger partial charge is 0.162 e. The molecule has 3 aromatic carbocycles. The van der Waals surface area contributed by atoms with E-state index in [0.717, 1.165) is 60.8 Å². The van der Waals surface area contributed by atoms with Crippen molar-refractivity contribution in [3.05, 3.63) is 78.9 Å². The van der Waals surface area contributed by atoms with Gasteiger partial charge in [-0.15, -0.1) is 0 Å². The van der Waals surface area contributed by atoms with Gasteiger partial charge >= 0.3 is 0 Å². The van der Waals surface area contributed by atoms with E-state index in [2.05, 4.69) is 34.1 Å². The minimum absolute atomic E-state index is 0.246. The third-order valence-corrected chi connectivity index (χ3v) is 6.57. The van der Waals surface area contributed by atoms with Gasteiger partial charge in [0, 0.05) is 43.7 Å². The predicted molar refractivity (Wildman–Crippen MR) is 143 cm³/mol. The van der Waals surface area contributed by atoms with Crippen LogP contribution in [0.2, 0.25) is 0 Å². The van der Waals surface area contributed by atoms with Crippen LogP contribution >= 0.6 is 0 Å². The number of nitrogens with zero attached hydrogens (tertiary/aromatic N) is 4. The third kappa shape index (κ3) is 5.58. The summed E-state index contributed by atoms with van der Waals surface area (Å²) in [4.78, 5) is 14.6. The number of aliphatic hydroxyl groups excluding tert-OH is 1. The summed E-state index contributed by atoms with van der Waals surface area (Å²) in [5.41, 5.74) is 1.98. The standard InChI is InChI=1S/C29H32N4O3/c1-35-26-13-7-8-14-27(26)36-21-23(34)15-16-32-17-19-33(20-18-32)29-24-11-5-6-12-25(24)30-28(31-29)22-9-3-2-4-10-22/h2-14,23,34H,15-21H2,1H3. The van der Waals surface area contributed by atoms with Crippen LogP contribution in [-0.4, -0.2) is 72.5 Å². The molecule has 0 aliphatic carbocycles. The molecular formula is C29H32N4O3. The van der Waals surface area contributed by atoms with Crippen molar-refractivity contribution in [2.75, 3.05) is 51.3 Å². The molecule has 186 valence electrons. The van der Waals surface area contributed by atoms with Crippen LogP contribution < -0.4 is 14.4 Å². The first kappa shape index (κ1) is 24.0. The van der Waals surface area contributed by atoms with E-state index < -0.39 is 6.10 Å². The van der Waals surface area contributed by atoms with Crippen LogP contribution in [0.25, 0.3) is 22.3 Å². The fraction of sp³-hybridized carbons (Fsp3) is 0.310. The average Bonchev–Trinajstić information content (AvgIpc) is 2.95. The number of benzene rings is 3. The third-order valence-electron chi connectivity index (χ3n) is 6.57. The Morgan fingerprint density at radius 2 is 1.53 bits per heavy atom. The molecule has 1 fully saturated rings. The number of piperazine rings is 1. The molecule has 1 aromatic heterocycles. The summed E-state index contributed by atoms with van der Waals surface area (Å²) in [6.45, 7) is 4.66. The highest BCUT2D eigenvalue weighted by atomic mass is 16.5. The van der Waals surface area contributed by atoms with Crippen molar-refractivity contribution in [3.63, 3.8) is 0 Å². The first-order chi connectivity index (χ1) is 17.7. The Morgan fingerprint density at radius 1 is 0.833 bits per heavy atom. The summed E-state index contributed by atoms with van der Waals surface area (Å²) in [5, 5.41) is 11.6. The van der Waals surface area contributed by atoms with E-state index in [4.69, 9.17) is 19.4 Å². The highest BCUT2D eigenvalue weighted by molar-refractivity contribution is 5.91. The van der Waals surface area contributed by atoms with Gasteiger partial charge in [0.15, 0.2) is 17.3 Å². The maximum absolute atomic E-state index is 10.5. The summed E-state index contributed by atoms with van der Waals surface area (Å²) >= 11 is 0. The number of anilines is 1. The van der Waals surface area contributed by atoms with E-state index in [9.17, 15) is 5.11 Å². The van der Waals surface area contributed by atoms with Crippen LogP contribution in [0.3, 0.4) is 0 Å². The van der Waals surface area contributed by atoms with E-state index in [1.54, 1.807) is 7.11 Å². The number of hydrogen-bond acceptors (Lipinski definition) is 7. The highest BCUT2D eigenvalue weighted by Gasteiger charge is 2.22. The Kier molecular flexibility index (Phi) is 7.59. The number of fused-ring (bicyclic) bond motifs is 1. The van der Waals surface area contributed by atoms with Crippen molar-refractivity contribution in [3.8, 4) is 22.9 Å². The van der Waals surface area contributed by atoms with Gasteiger partial charge in [-0.3, -0.25) is 4.90 Å². The van der Waals surface area contributed by atoms with Gasteiger partial charge in [-0.25, -0.2) is 9.97 Å². The quantitative estimate of drug-likeness (QED) is 0.381. The summed E-state index contributed by atoms with van der Waals surface area (Å²) in [6, 6.07) is 25.9. The number of para-hydroxylation sites is 3. The largest absolute Gasteiger partial charge is 0.493 e. The molecule has 1 aliphatic heterocycles. The van der Waals surface area contributed by atoms with Gasteiger partial charge < -0.3 is 19.5 Å². The molecule has 1 saturated heterocycles. The van der Waals surface area contributed by atoms with Crippen molar-refractivity contribution in [1.82, 2.24) is 14.9 Å². The molecule has 1 unspecified atom stereocenters. The molecule has 0 bridgehead atoms. The zero-order chi connectivity index (χ0) is 24.7. The van der Waals surface area contributed by atoms with Gasteiger partial charge in [-0.1, -0.05) is 54.6 Å². The highest BCUT2D eigenvalue weighted by Crippen LogP contribution is 2.28. The molecule has 0 radical (unpaired) electrons. The molecule has 5 rings (SSSR count). The topological polar surface area (TPSA) is 71.0 Å². The number of aromatic nitrogens is 2. The average molecular weight is 485 g/mol. The Balaban J connectivity index is 1.18. The van der Waals surface area contributed by atoms with Crippen molar-refractivity contribution in [2.45, 2.75) is 12.5 Å². The first-order valence-electron chi connectivity index (χ1n) is 12.4. The second-order valence-electron chi connectivity index (χ2n) is 8.99. The van der Waals surface area contributed by atoms with E-state index >= 15 is 0 Å². The van der Waals surface area contributed by atoms with Crippen LogP contribution in [-0.2, 0) is 0 Å². The lowest BCUT2D eigenvalue weighted by molar-refractivity contribution is 0.0853. The Hall–Kier alpha value is -3.68. The summed E-state index contributed by atoms with van der Waals surface area (Å²) in [5.74, 6) is 3.07. The van der Waals surface area contributed by atoms with Crippen molar-refractivity contribution in [1.29, 1.82) is 0 Å². The number of rotatable bonds is 9. The normalized spacial score (nSPS) is 15.1. The van der Waals surface area contributed by atoms with Crippen LogP contribution in [0.1, 0.15) is 6.42 Å². The lowest BCUT2D eigenvalue weighted by atomic mass is 10.1. The van der Waals surface area contributed by atoms with Crippen molar-refractivity contribution >= 4 is 16.7 Å². The molecule has 7 nitrogen and oxygen atoms in total. The van der Waals surface area contributed by atoms with E-state index in [0.29, 0.717) is 17.9 Å². The van der Waals surface area contributed by atoms with E-state index in [1.807, 2.05) is 54.6 Å². The van der Waals surface area contributed by atoms with Gasteiger partial charge in [0.25, 0.3) is 0 Å². The molecule has 2 heterocycles. The number of methoxy groups -OCH3 is 1. The predicted octanol–water partition coefficient (Wildman–Crippen LogP) is 4.26. The zero-order valence-corrected chi connectivity index (χ0v) is 20.6. The molecular weight excluding hydrogens is 452 g/mol. The number of ether oxygens (including phenoxy) is 2. The summed E-state index contributed by atoms with van der Waals surface area (Å²) in [7, 11) is 1.62. The minimum Gasteiger partial charge on any atom is -0.493 e. The van der Waals surface area contributed by atoms with Crippen LogP contribution in [0.4, 0.5) is 5.82 Å². The van der Waals surface area contributed by atoms with Gasteiger partial charge in [0.2, 0.25) is 0 Å². The maximum atomic E-state index is 10.5. The van der Waals surface area contributed by atoms with E-state index in [1.165, 1.54) is 0 Å².